The second-order valence-corrected chi connectivity index (χ2v) is 6.28. The summed E-state index contributed by atoms with van der Waals surface area (Å²) >= 11 is 0. The van der Waals surface area contributed by atoms with Crippen molar-refractivity contribution in [3.63, 3.8) is 0 Å². The molecule has 0 spiro atoms. The smallest absolute Gasteiger partial charge is 0.175 e. The standard InChI is InChI=1S/C16H15FO3S/c1-10-7-12(8-11(2)16(10)19)15(18)9-21(20)14-5-3-13(17)4-6-14/h3-8,19H,9H2,1-2H3. The first kappa shape index (κ1) is 15.4. The Bertz CT molecular complexity index is 685. The predicted octanol–water partition coefficient (Wildman–Crippen LogP) is 3.14. The number of phenolic OH excluding ortho intramolecular Hbond substituents is 1. The Hall–Kier alpha value is -2.01. The van der Waals surface area contributed by atoms with E-state index in [1.807, 2.05) is 0 Å². The van der Waals surface area contributed by atoms with Gasteiger partial charge >= 0.3 is 0 Å². The van der Waals surface area contributed by atoms with Crippen LogP contribution < -0.4 is 0 Å². The SMILES string of the molecule is Cc1cc(C(=O)CS(=O)c2ccc(F)cc2)cc(C)c1O. The Balaban J connectivity index is 2.18. The molecular formula is C16H15FO3S. The number of ketones is 1. The number of rotatable bonds is 4. The Morgan fingerprint density at radius 2 is 1.67 bits per heavy atom. The van der Waals surface area contributed by atoms with E-state index in [0.29, 0.717) is 21.6 Å². The quantitative estimate of drug-likeness (QED) is 0.883. The molecule has 21 heavy (non-hydrogen) atoms. The predicted molar refractivity (Wildman–Crippen MR) is 79.6 cm³/mol. The molecule has 0 saturated carbocycles. The van der Waals surface area contributed by atoms with Crippen LogP contribution in [0.15, 0.2) is 41.3 Å². The lowest BCUT2D eigenvalue weighted by atomic mass is 10.0. The fourth-order valence-electron chi connectivity index (χ4n) is 1.99. The molecule has 110 valence electrons. The van der Waals surface area contributed by atoms with E-state index >= 15 is 0 Å². The van der Waals surface area contributed by atoms with Gasteiger partial charge in [-0.3, -0.25) is 9.00 Å². The van der Waals surface area contributed by atoms with Gasteiger partial charge in [0.05, 0.1) is 16.6 Å². The lowest BCUT2D eigenvalue weighted by Gasteiger charge is -2.07. The molecule has 2 rings (SSSR count). The van der Waals surface area contributed by atoms with Gasteiger partial charge in [-0.1, -0.05) is 0 Å². The minimum Gasteiger partial charge on any atom is -0.507 e. The lowest BCUT2D eigenvalue weighted by molar-refractivity contribution is 0.102. The topological polar surface area (TPSA) is 54.4 Å². The van der Waals surface area contributed by atoms with Crippen molar-refractivity contribution in [2.75, 3.05) is 5.75 Å². The third-order valence-electron chi connectivity index (χ3n) is 3.15. The summed E-state index contributed by atoms with van der Waals surface area (Å²) in [4.78, 5) is 12.6. The summed E-state index contributed by atoms with van der Waals surface area (Å²) in [6.45, 7) is 3.41. The molecule has 0 aromatic heterocycles. The van der Waals surface area contributed by atoms with Gasteiger partial charge in [0.2, 0.25) is 0 Å². The van der Waals surface area contributed by atoms with Crippen molar-refractivity contribution < 1.29 is 18.5 Å². The van der Waals surface area contributed by atoms with E-state index < -0.39 is 16.6 Å². The Kier molecular flexibility index (Phi) is 4.53. The molecule has 0 amide bonds. The van der Waals surface area contributed by atoms with E-state index in [1.54, 1.807) is 26.0 Å². The molecule has 0 bridgehead atoms. The fourth-order valence-corrected chi connectivity index (χ4v) is 3.00. The first-order valence-corrected chi connectivity index (χ1v) is 7.67. The Labute approximate surface area is 124 Å². The molecule has 0 aliphatic rings. The van der Waals surface area contributed by atoms with E-state index in [0.717, 1.165) is 0 Å². The van der Waals surface area contributed by atoms with Gasteiger partial charge in [-0.05, 0) is 61.4 Å². The number of aryl methyl sites for hydroxylation is 2. The molecule has 2 aromatic carbocycles. The molecule has 2 aromatic rings. The monoisotopic (exact) mass is 306 g/mol. The van der Waals surface area contributed by atoms with Crippen molar-refractivity contribution >= 4 is 16.6 Å². The average molecular weight is 306 g/mol. The average Bonchev–Trinajstić information content (AvgIpc) is 2.44. The molecule has 0 aliphatic heterocycles. The summed E-state index contributed by atoms with van der Waals surface area (Å²) in [7, 11) is -1.52. The summed E-state index contributed by atoms with van der Waals surface area (Å²) in [5, 5.41) is 9.69. The first-order chi connectivity index (χ1) is 9.88. The molecule has 1 unspecified atom stereocenters. The lowest BCUT2D eigenvalue weighted by Crippen LogP contribution is -2.11. The maximum absolute atomic E-state index is 12.8. The van der Waals surface area contributed by atoms with E-state index in [9.17, 15) is 18.5 Å². The maximum Gasteiger partial charge on any atom is 0.175 e. The van der Waals surface area contributed by atoms with E-state index in [1.165, 1.54) is 24.3 Å². The second kappa shape index (κ2) is 6.18. The highest BCUT2D eigenvalue weighted by atomic mass is 32.2. The van der Waals surface area contributed by atoms with Gasteiger partial charge in [-0.15, -0.1) is 0 Å². The summed E-state index contributed by atoms with van der Waals surface area (Å²) < 4.78 is 24.9. The number of hydrogen-bond donors (Lipinski definition) is 1. The number of aromatic hydroxyl groups is 1. The highest BCUT2D eigenvalue weighted by molar-refractivity contribution is 7.85. The van der Waals surface area contributed by atoms with Crippen LogP contribution in [0.2, 0.25) is 0 Å². The van der Waals surface area contributed by atoms with Gasteiger partial charge in [0, 0.05) is 10.5 Å². The van der Waals surface area contributed by atoms with Gasteiger partial charge in [0.1, 0.15) is 11.6 Å². The molecule has 0 heterocycles. The summed E-state index contributed by atoms with van der Waals surface area (Å²) in [5.74, 6) is -0.697. The summed E-state index contributed by atoms with van der Waals surface area (Å²) in [6, 6.07) is 8.40. The number of hydrogen-bond acceptors (Lipinski definition) is 3. The minimum atomic E-state index is -1.52. The van der Waals surface area contributed by atoms with Crippen LogP contribution in [0.1, 0.15) is 21.5 Å². The highest BCUT2D eigenvalue weighted by Gasteiger charge is 2.14. The molecule has 5 heteroatoms. The number of Topliss-reactive ketones (excluding diaryl/α,β-unsaturated/α-hetero) is 1. The van der Waals surface area contributed by atoms with Crippen molar-refractivity contribution in [3.8, 4) is 5.75 Å². The van der Waals surface area contributed by atoms with E-state index in [-0.39, 0.29) is 17.3 Å². The molecular weight excluding hydrogens is 291 g/mol. The highest BCUT2D eigenvalue weighted by Crippen LogP contribution is 2.23. The van der Waals surface area contributed by atoms with Gasteiger partial charge in [-0.2, -0.15) is 0 Å². The zero-order valence-electron chi connectivity index (χ0n) is 11.7. The molecule has 0 radical (unpaired) electrons. The normalized spacial score (nSPS) is 12.1. The van der Waals surface area contributed by atoms with E-state index in [2.05, 4.69) is 0 Å². The van der Waals surface area contributed by atoms with Crippen LogP contribution in [0, 0.1) is 19.7 Å². The Morgan fingerprint density at radius 1 is 1.14 bits per heavy atom. The van der Waals surface area contributed by atoms with Gasteiger partial charge < -0.3 is 5.11 Å². The van der Waals surface area contributed by atoms with Crippen LogP contribution in [-0.2, 0) is 10.8 Å². The zero-order chi connectivity index (χ0) is 15.6. The van der Waals surface area contributed by atoms with Gasteiger partial charge in [0.25, 0.3) is 0 Å². The van der Waals surface area contributed by atoms with Crippen LogP contribution in [0.4, 0.5) is 4.39 Å². The van der Waals surface area contributed by atoms with Crippen molar-refractivity contribution in [2.24, 2.45) is 0 Å². The summed E-state index contributed by atoms with van der Waals surface area (Å²) in [5.41, 5.74) is 1.62. The molecule has 0 fully saturated rings. The number of carbonyl (C=O) groups excluding carboxylic acids is 1. The third kappa shape index (κ3) is 3.55. The van der Waals surface area contributed by atoms with E-state index in [4.69, 9.17) is 0 Å². The van der Waals surface area contributed by atoms with Crippen molar-refractivity contribution in [3.05, 3.63) is 58.9 Å². The zero-order valence-corrected chi connectivity index (χ0v) is 12.5. The number of carbonyl (C=O) groups is 1. The molecule has 1 N–H and O–H groups in total. The maximum atomic E-state index is 12.8. The fraction of sp³-hybridized carbons (Fsp3) is 0.188. The van der Waals surface area contributed by atoms with Crippen LogP contribution in [0.3, 0.4) is 0 Å². The van der Waals surface area contributed by atoms with Crippen molar-refractivity contribution in [2.45, 2.75) is 18.7 Å². The van der Waals surface area contributed by atoms with Crippen molar-refractivity contribution in [1.29, 1.82) is 0 Å². The molecule has 1 atom stereocenters. The van der Waals surface area contributed by atoms with Crippen LogP contribution in [0.5, 0.6) is 5.75 Å². The minimum absolute atomic E-state index is 0.159. The second-order valence-electron chi connectivity index (χ2n) is 4.83. The Morgan fingerprint density at radius 3 is 2.19 bits per heavy atom. The largest absolute Gasteiger partial charge is 0.507 e. The van der Waals surface area contributed by atoms with Crippen LogP contribution in [-0.4, -0.2) is 20.9 Å². The van der Waals surface area contributed by atoms with Crippen molar-refractivity contribution in [1.82, 2.24) is 0 Å². The number of halogens is 1. The van der Waals surface area contributed by atoms with Crippen LogP contribution in [0.25, 0.3) is 0 Å². The van der Waals surface area contributed by atoms with Gasteiger partial charge in [-0.25, -0.2) is 4.39 Å². The molecule has 0 saturated heterocycles. The van der Waals surface area contributed by atoms with Crippen LogP contribution >= 0.6 is 0 Å². The number of phenols is 1. The summed E-state index contributed by atoms with van der Waals surface area (Å²) in [6.07, 6.45) is 0. The third-order valence-corrected chi connectivity index (χ3v) is 4.47. The molecule has 3 nitrogen and oxygen atoms in total. The number of benzene rings is 2. The molecule has 0 aliphatic carbocycles. The van der Waals surface area contributed by atoms with Gasteiger partial charge in [0.15, 0.2) is 5.78 Å². The first-order valence-electron chi connectivity index (χ1n) is 6.36.